The van der Waals surface area contributed by atoms with Gasteiger partial charge in [0.05, 0.1) is 12.1 Å². The Morgan fingerprint density at radius 2 is 2.00 bits per heavy atom. The second-order valence-electron chi connectivity index (χ2n) is 10.3. The molecule has 3 heterocycles. The smallest absolute Gasteiger partial charge is 0.227 e. The maximum atomic E-state index is 13.7. The molecule has 1 saturated carbocycles. The molecular weight excluding hydrogens is 489 g/mol. The molecule has 2 N–H and O–H groups in total. The fourth-order valence-electron chi connectivity index (χ4n) is 6.27. The third kappa shape index (κ3) is 4.21. The number of aryl methyl sites for hydroxylation is 2. The normalized spacial score (nSPS) is 24.8. The summed E-state index contributed by atoms with van der Waals surface area (Å²) >= 11 is 1.59. The average molecular weight is 520 g/mol. The Balaban J connectivity index is 1.33. The molecule has 1 amide bonds. The summed E-state index contributed by atoms with van der Waals surface area (Å²) in [5, 5.41) is 20.9. The monoisotopic (exact) mass is 519 g/mol. The number of carbonyl (C=O) groups excluding carboxylic acids is 1. The van der Waals surface area contributed by atoms with Gasteiger partial charge < -0.3 is 15.6 Å². The third-order valence-electron chi connectivity index (χ3n) is 8.01. The number of hydrogen-bond donors (Lipinski definition) is 2. The number of hydrogen-bond acceptors (Lipinski definition) is 7. The number of anilines is 2. The number of amides is 1. The van der Waals surface area contributed by atoms with E-state index >= 15 is 0 Å². The predicted octanol–water partition coefficient (Wildman–Crippen LogP) is 4.13. The number of piperidine rings is 1. The lowest BCUT2D eigenvalue weighted by Crippen LogP contribution is -2.36. The van der Waals surface area contributed by atoms with Gasteiger partial charge in [0.15, 0.2) is 5.03 Å². The highest BCUT2D eigenvalue weighted by Crippen LogP contribution is 2.66. The van der Waals surface area contributed by atoms with E-state index in [0.29, 0.717) is 0 Å². The van der Waals surface area contributed by atoms with Crippen LogP contribution in [0.5, 0.6) is 0 Å². The largest absolute Gasteiger partial charge is 0.355 e. The van der Waals surface area contributed by atoms with Crippen molar-refractivity contribution in [2.24, 2.45) is 18.9 Å². The molecule has 0 bridgehead atoms. The highest BCUT2D eigenvalue weighted by molar-refractivity contribution is 7.97. The SMILES string of the molecule is Cc1cc(Nc2ccc(F)cc2)c(C=N)cc1C12CN(Sc3cnn(C)n3)CC1C2C(=O)N1CCCC1. The Kier molecular flexibility index (Phi) is 6.03. The van der Waals surface area contributed by atoms with Crippen molar-refractivity contribution in [2.45, 2.75) is 30.2 Å². The van der Waals surface area contributed by atoms with Gasteiger partial charge in [0.2, 0.25) is 5.91 Å². The molecule has 3 fully saturated rings. The molecule has 1 aliphatic carbocycles. The van der Waals surface area contributed by atoms with Gasteiger partial charge >= 0.3 is 0 Å². The van der Waals surface area contributed by atoms with Gasteiger partial charge in [0, 0.05) is 61.8 Å². The van der Waals surface area contributed by atoms with Crippen molar-refractivity contribution in [3.63, 3.8) is 0 Å². The van der Waals surface area contributed by atoms with Crippen LogP contribution in [0.2, 0.25) is 0 Å². The Bertz CT molecular complexity index is 1350. The highest BCUT2D eigenvalue weighted by atomic mass is 32.2. The molecule has 0 radical (unpaired) electrons. The summed E-state index contributed by atoms with van der Waals surface area (Å²) in [7, 11) is 1.81. The molecule has 2 aliphatic heterocycles. The topological polar surface area (TPSA) is 90.1 Å². The van der Waals surface area contributed by atoms with Crippen molar-refractivity contribution in [2.75, 3.05) is 31.5 Å². The minimum absolute atomic E-state index is 0.0440. The summed E-state index contributed by atoms with van der Waals surface area (Å²) in [6.07, 6.45) is 5.26. The Labute approximate surface area is 219 Å². The van der Waals surface area contributed by atoms with Crippen LogP contribution in [0.15, 0.2) is 47.6 Å². The predicted molar refractivity (Wildman–Crippen MR) is 142 cm³/mol. The van der Waals surface area contributed by atoms with Crippen LogP contribution in [-0.2, 0) is 17.3 Å². The summed E-state index contributed by atoms with van der Waals surface area (Å²) < 4.78 is 15.7. The number of rotatable bonds is 7. The van der Waals surface area contributed by atoms with Crippen LogP contribution in [-0.4, -0.2) is 62.5 Å². The first-order valence-electron chi connectivity index (χ1n) is 12.7. The molecule has 3 atom stereocenters. The molecule has 37 heavy (non-hydrogen) atoms. The second kappa shape index (κ2) is 9.25. The number of likely N-dealkylation sites (tertiary alicyclic amines) is 1. The van der Waals surface area contributed by atoms with Crippen LogP contribution < -0.4 is 5.32 Å². The molecule has 3 aliphatic rings. The quantitative estimate of drug-likeness (QED) is 0.360. The fraction of sp³-hybridized carbons (Fsp3) is 0.407. The van der Waals surface area contributed by atoms with Crippen molar-refractivity contribution in [3.8, 4) is 0 Å². The fourth-order valence-corrected chi connectivity index (χ4v) is 7.30. The summed E-state index contributed by atoms with van der Waals surface area (Å²) in [6, 6.07) is 10.3. The van der Waals surface area contributed by atoms with E-state index in [9.17, 15) is 9.18 Å². The minimum atomic E-state index is -0.290. The zero-order valence-corrected chi connectivity index (χ0v) is 21.8. The first kappa shape index (κ1) is 24.1. The third-order valence-corrected chi connectivity index (χ3v) is 8.92. The lowest BCUT2D eigenvalue weighted by atomic mass is 9.87. The van der Waals surface area contributed by atoms with Gasteiger partial charge in [-0.2, -0.15) is 9.90 Å². The molecule has 3 aromatic rings. The molecule has 0 spiro atoms. The molecule has 6 rings (SSSR count). The van der Waals surface area contributed by atoms with E-state index < -0.39 is 0 Å². The van der Waals surface area contributed by atoms with Gasteiger partial charge in [-0.1, -0.05) is 0 Å². The van der Waals surface area contributed by atoms with Gasteiger partial charge in [0.25, 0.3) is 0 Å². The summed E-state index contributed by atoms with van der Waals surface area (Å²) in [4.78, 5) is 17.3. The molecule has 2 aromatic carbocycles. The van der Waals surface area contributed by atoms with E-state index in [2.05, 4.69) is 38.9 Å². The first-order chi connectivity index (χ1) is 17.9. The molecule has 8 nitrogen and oxygen atoms in total. The van der Waals surface area contributed by atoms with Gasteiger partial charge in [-0.25, -0.2) is 8.70 Å². The Morgan fingerprint density at radius 3 is 2.68 bits per heavy atom. The van der Waals surface area contributed by atoms with Gasteiger partial charge in [0.1, 0.15) is 5.82 Å². The average Bonchev–Trinajstić information content (AvgIpc) is 3.37. The highest BCUT2D eigenvalue weighted by Gasteiger charge is 2.73. The number of halogens is 1. The maximum Gasteiger partial charge on any atom is 0.227 e. The number of nitrogens with zero attached hydrogens (tertiary/aromatic N) is 5. The summed E-state index contributed by atoms with van der Waals surface area (Å²) in [6.45, 7) is 5.33. The first-order valence-corrected chi connectivity index (χ1v) is 13.4. The van der Waals surface area contributed by atoms with E-state index in [1.165, 1.54) is 18.3 Å². The van der Waals surface area contributed by atoms with Crippen molar-refractivity contribution in [1.29, 1.82) is 5.41 Å². The van der Waals surface area contributed by atoms with Crippen LogP contribution in [0.1, 0.15) is 29.5 Å². The second-order valence-corrected chi connectivity index (χ2v) is 11.4. The van der Waals surface area contributed by atoms with E-state index in [-0.39, 0.29) is 29.0 Å². The number of carbonyl (C=O) groups is 1. The van der Waals surface area contributed by atoms with Crippen LogP contribution in [0.3, 0.4) is 0 Å². The molecule has 10 heteroatoms. The van der Waals surface area contributed by atoms with E-state index in [1.807, 2.05) is 11.9 Å². The lowest BCUT2D eigenvalue weighted by molar-refractivity contribution is -0.132. The Hall–Kier alpha value is -3.24. The van der Waals surface area contributed by atoms with Crippen LogP contribution >= 0.6 is 11.9 Å². The molecule has 192 valence electrons. The van der Waals surface area contributed by atoms with Crippen LogP contribution in [0.25, 0.3) is 0 Å². The van der Waals surface area contributed by atoms with E-state index in [1.54, 1.807) is 35.1 Å². The minimum Gasteiger partial charge on any atom is -0.355 e. The van der Waals surface area contributed by atoms with E-state index in [4.69, 9.17) is 5.41 Å². The van der Waals surface area contributed by atoms with Gasteiger partial charge in [-0.05, 0) is 85.2 Å². The number of fused-ring (bicyclic) bond motifs is 1. The lowest BCUT2D eigenvalue weighted by Gasteiger charge is -2.26. The number of benzene rings is 2. The number of nitrogens with one attached hydrogen (secondary N) is 2. The molecular formula is C27H30FN7OS. The van der Waals surface area contributed by atoms with Gasteiger partial charge in [-0.3, -0.25) is 4.79 Å². The molecule has 1 aromatic heterocycles. The summed E-state index contributed by atoms with van der Waals surface area (Å²) in [5.41, 5.74) is 4.24. The zero-order valence-electron chi connectivity index (χ0n) is 20.9. The van der Waals surface area contributed by atoms with Crippen molar-refractivity contribution < 1.29 is 9.18 Å². The van der Waals surface area contributed by atoms with E-state index in [0.717, 1.165) is 72.1 Å². The number of aromatic nitrogens is 3. The van der Waals surface area contributed by atoms with Crippen molar-refractivity contribution >= 4 is 35.4 Å². The van der Waals surface area contributed by atoms with Crippen LogP contribution in [0, 0.1) is 30.0 Å². The molecule has 2 saturated heterocycles. The van der Waals surface area contributed by atoms with Crippen molar-refractivity contribution in [1.82, 2.24) is 24.2 Å². The van der Waals surface area contributed by atoms with Crippen molar-refractivity contribution in [3.05, 3.63) is 65.1 Å². The zero-order chi connectivity index (χ0) is 25.7. The Morgan fingerprint density at radius 1 is 1.24 bits per heavy atom. The standard InChI is InChI=1S/C27H30FN7OS/c1-17-11-23(31-20-7-5-19(28)6-8-20)18(13-29)12-21(17)27-16-35(37-24-14-30-33(2)32-24)15-22(27)25(27)26(36)34-9-3-4-10-34/h5-8,11-14,22,25,29,31H,3-4,9-10,15-16H2,1-2H3. The van der Waals surface area contributed by atoms with Gasteiger partial charge in [-0.15, -0.1) is 5.10 Å². The summed E-state index contributed by atoms with van der Waals surface area (Å²) in [5.74, 6) is 0.161. The maximum absolute atomic E-state index is 13.7. The van der Waals surface area contributed by atoms with Crippen LogP contribution in [0.4, 0.5) is 15.8 Å². The molecule has 3 unspecified atom stereocenters.